The highest BCUT2D eigenvalue weighted by atomic mass is 32.1. The van der Waals surface area contributed by atoms with Crippen LogP contribution in [0.3, 0.4) is 0 Å². The van der Waals surface area contributed by atoms with E-state index in [2.05, 4.69) is 22.8 Å². The van der Waals surface area contributed by atoms with E-state index in [1.54, 1.807) is 12.4 Å². The molecular formula is C3H3N2S. The van der Waals surface area contributed by atoms with Crippen LogP contribution >= 0.6 is 12.6 Å². The van der Waals surface area contributed by atoms with Gasteiger partial charge in [0.15, 0.2) is 0 Å². The van der Waals surface area contributed by atoms with Crippen molar-refractivity contribution < 1.29 is 0 Å². The van der Waals surface area contributed by atoms with Crippen LogP contribution in [0.4, 0.5) is 0 Å². The Kier molecular flexibility index (Phi) is 0.759. The monoisotopic (exact) mass is 99.0 g/mol. The summed E-state index contributed by atoms with van der Waals surface area (Å²) >= 11 is 4.65. The second-order valence-corrected chi connectivity index (χ2v) is 1.41. The third-order valence-corrected chi connectivity index (χ3v) is 0.696. The summed E-state index contributed by atoms with van der Waals surface area (Å²) in [4.78, 5) is 0.759. The summed E-state index contributed by atoms with van der Waals surface area (Å²) in [5.74, 6) is 0. The largest absolute Gasteiger partial charge is 0.284 e. The van der Waals surface area contributed by atoms with Gasteiger partial charge in [0.25, 0.3) is 0 Å². The van der Waals surface area contributed by atoms with Gasteiger partial charge in [-0.1, -0.05) is 12.6 Å². The van der Waals surface area contributed by atoms with Gasteiger partial charge in [-0.25, -0.2) is 0 Å². The SMILES string of the molecule is [S]c1cn[nH]c1. The Morgan fingerprint density at radius 2 is 2.67 bits per heavy atom. The van der Waals surface area contributed by atoms with Crippen molar-refractivity contribution in [3.8, 4) is 0 Å². The highest BCUT2D eigenvalue weighted by Crippen LogP contribution is 1.95. The van der Waals surface area contributed by atoms with Gasteiger partial charge < -0.3 is 0 Å². The molecule has 0 fully saturated rings. The first kappa shape index (κ1) is 3.61. The fourth-order valence-electron chi connectivity index (χ4n) is 0.239. The van der Waals surface area contributed by atoms with E-state index in [0.29, 0.717) is 0 Å². The Morgan fingerprint density at radius 1 is 1.83 bits per heavy atom. The van der Waals surface area contributed by atoms with Crippen LogP contribution in [0.1, 0.15) is 0 Å². The van der Waals surface area contributed by atoms with Crippen LogP contribution in [0, 0.1) is 0 Å². The molecule has 1 aromatic heterocycles. The van der Waals surface area contributed by atoms with Crippen LogP contribution in [0.2, 0.25) is 0 Å². The number of aromatic nitrogens is 2. The van der Waals surface area contributed by atoms with Crippen molar-refractivity contribution in [2.45, 2.75) is 4.90 Å². The molecule has 0 amide bonds. The van der Waals surface area contributed by atoms with Crippen LogP contribution in [0.15, 0.2) is 17.3 Å². The average Bonchev–Trinajstić information content (AvgIpc) is 1.86. The molecule has 0 spiro atoms. The summed E-state index contributed by atoms with van der Waals surface area (Å²) in [6, 6.07) is 0. The molecule has 0 saturated heterocycles. The molecule has 0 atom stereocenters. The van der Waals surface area contributed by atoms with Crippen LogP contribution in [0.25, 0.3) is 0 Å². The summed E-state index contributed by atoms with van der Waals surface area (Å²) in [6.07, 6.45) is 3.25. The predicted octanol–water partition coefficient (Wildman–Crippen LogP) is 0.966. The Labute approximate surface area is 41.0 Å². The molecule has 3 heteroatoms. The molecular weight excluding hydrogens is 96.1 g/mol. The molecule has 0 aliphatic heterocycles. The van der Waals surface area contributed by atoms with Crippen molar-refractivity contribution in [1.82, 2.24) is 10.2 Å². The minimum absolute atomic E-state index is 0.759. The first-order valence-electron chi connectivity index (χ1n) is 1.55. The predicted molar refractivity (Wildman–Crippen MR) is 24.4 cm³/mol. The minimum atomic E-state index is 0.759. The van der Waals surface area contributed by atoms with Gasteiger partial charge in [-0.05, 0) is 0 Å². The molecule has 0 unspecified atom stereocenters. The van der Waals surface area contributed by atoms with E-state index in [0.717, 1.165) is 4.90 Å². The number of aromatic amines is 1. The Balaban J connectivity index is 3.05. The Bertz CT molecular complexity index is 112. The normalized spacial score (nSPS) is 8.67. The highest BCUT2D eigenvalue weighted by Gasteiger charge is 1.77. The number of hydrogen-bond donors (Lipinski definition) is 1. The zero-order valence-electron chi connectivity index (χ0n) is 3.01. The molecule has 0 bridgehead atoms. The third kappa shape index (κ3) is 0.490. The van der Waals surface area contributed by atoms with E-state index < -0.39 is 0 Å². The summed E-state index contributed by atoms with van der Waals surface area (Å²) < 4.78 is 0. The van der Waals surface area contributed by atoms with Crippen molar-refractivity contribution in [1.29, 1.82) is 0 Å². The molecule has 0 aromatic carbocycles. The summed E-state index contributed by atoms with van der Waals surface area (Å²) in [6.45, 7) is 0. The molecule has 6 heavy (non-hydrogen) atoms. The lowest BCUT2D eigenvalue weighted by Gasteiger charge is -1.59. The Morgan fingerprint density at radius 3 is 2.83 bits per heavy atom. The quantitative estimate of drug-likeness (QED) is 0.515. The molecule has 0 saturated carbocycles. The zero-order valence-corrected chi connectivity index (χ0v) is 3.83. The molecule has 1 rings (SSSR count). The number of rotatable bonds is 0. The molecule has 1 heterocycles. The van der Waals surface area contributed by atoms with Crippen molar-refractivity contribution in [2.75, 3.05) is 0 Å². The number of nitrogens with zero attached hydrogens (tertiary/aromatic N) is 1. The highest BCUT2D eigenvalue weighted by molar-refractivity contribution is 7.80. The van der Waals surface area contributed by atoms with E-state index in [9.17, 15) is 0 Å². The maximum Gasteiger partial charge on any atom is 0.0754 e. The lowest BCUT2D eigenvalue weighted by Crippen LogP contribution is -1.53. The van der Waals surface area contributed by atoms with Gasteiger partial charge in [0, 0.05) is 6.20 Å². The van der Waals surface area contributed by atoms with Crippen LogP contribution in [-0.4, -0.2) is 10.2 Å². The standard InChI is InChI=1S/C3H3N2S/c6-3-1-4-5-2-3/h1-2H,(H,4,5). The van der Waals surface area contributed by atoms with Crippen molar-refractivity contribution in [3.05, 3.63) is 12.4 Å². The molecule has 1 aromatic rings. The fourth-order valence-corrected chi connectivity index (χ4v) is 0.344. The average molecular weight is 99.1 g/mol. The summed E-state index contributed by atoms with van der Waals surface area (Å²) in [5, 5.41) is 6.17. The van der Waals surface area contributed by atoms with Gasteiger partial charge in [-0.3, -0.25) is 5.10 Å². The van der Waals surface area contributed by atoms with Gasteiger partial charge in [0.1, 0.15) is 0 Å². The number of hydrogen-bond acceptors (Lipinski definition) is 1. The smallest absolute Gasteiger partial charge is 0.0754 e. The first-order valence-corrected chi connectivity index (χ1v) is 1.96. The van der Waals surface area contributed by atoms with Crippen LogP contribution in [0.5, 0.6) is 0 Å². The molecule has 0 aliphatic carbocycles. The van der Waals surface area contributed by atoms with E-state index in [4.69, 9.17) is 0 Å². The fraction of sp³-hybridized carbons (Fsp3) is 0. The van der Waals surface area contributed by atoms with Crippen LogP contribution in [-0.2, 0) is 0 Å². The van der Waals surface area contributed by atoms with E-state index in [1.807, 2.05) is 0 Å². The number of nitrogens with one attached hydrogen (secondary N) is 1. The topological polar surface area (TPSA) is 28.7 Å². The second kappa shape index (κ2) is 1.26. The second-order valence-electron chi connectivity index (χ2n) is 0.934. The van der Waals surface area contributed by atoms with Crippen LogP contribution < -0.4 is 0 Å². The third-order valence-electron chi connectivity index (χ3n) is 0.473. The van der Waals surface area contributed by atoms with E-state index >= 15 is 0 Å². The lowest BCUT2D eigenvalue weighted by atomic mass is 10.8. The maximum atomic E-state index is 4.65. The van der Waals surface area contributed by atoms with Gasteiger partial charge in [-0.2, -0.15) is 5.10 Å². The molecule has 1 radical (unpaired) electrons. The van der Waals surface area contributed by atoms with Crippen molar-refractivity contribution in [2.24, 2.45) is 0 Å². The van der Waals surface area contributed by atoms with Gasteiger partial charge >= 0.3 is 0 Å². The molecule has 0 aliphatic rings. The van der Waals surface area contributed by atoms with Crippen molar-refractivity contribution in [3.63, 3.8) is 0 Å². The molecule has 1 N–H and O–H groups in total. The lowest BCUT2D eigenvalue weighted by molar-refractivity contribution is 1.09. The van der Waals surface area contributed by atoms with Gasteiger partial charge in [0.05, 0.1) is 11.1 Å². The van der Waals surface area contributed by atoms with Gasteiger partial charge in [-0.15, -0.1) is 0 Å². The van der Waals surface area contributed by atoms with E-state index in [-0.39, 0.29) is 0 Å². The van der Waals surface area contributed by atoms with Crippen molar-refractivity contribution >= 4 is 12.6 Å². The molecule has 31 valence electrons. The Hall–Kier alpha value is -0.570. The number of H-pyrrole nitrogens is 1. The minimum Gasteiger partial charge on any atom is -0.284 e. The maximum absolute atomic E-state index is 4.65. The zero-order chi connectivity index (χ0) is 4.41. The summed E-state index contributed by atoms with van der Waals surface area (Å²) in [5.41, 5.74) is 0. The molecule has 2 nitrogen and oxygen atoms in total. The first-order chi connectivity index (χ1) is 2.89. The van der Waals surface area contributed by atoms with Gasteiger partial charge in [0.2, 0.25) is 0 Å². The van der Waals surface area contributed by atoms with E-state index in [1.165, 1.54) is 0 Å². The summed E-state index contributed by atoms with van der Waals surface area (Å²) in [7, 11) is 0.